The van der Waals surface area contributed by atoms with Crippen molar-refractivity contribution in [1.82, 2.24) is 9.13 Å². The van der Waals surface area contributed by atoms with Gasteiger partial charge < -0.3 is 19.8 Å². The van der Waals surface area contributed by atoms with Crippen LogP contribution in [0.15, 0.2) is 127 Å². The van der Waals surface area contributed by atoms with E-state index >= 15 is 0 Å². The molecule has 2 atom stereocenters. The van der Waals surface area contributed by atoms with E-state index in [-0.39, 0.29) is 12.2 Å². The number of aromatic nitrogens is 2. The second-order valence-electron chi connectivity index (χ2n) is 12.9. The Balaban J connectivity index is 1.27. The third kappa shape index (κ3) is 3.13. The van der Waals surface area contributed by atoms with E-state index in [0.29, 0.717) is 0 Å². The SMILES string of the molecule is C1=Cc2c(n(-c3ccc(-c4ccccc4)cc3)c3c4c5c(cc23)c2c3ccccc3ccc2n5C2Nc3ccccc3NC42)CC1. The average Bonchev–Trinajstić information content (AvgIpc) is 3.75. The molecule has 1 aliphatic carbocycles. The van der Waals surface area contributed by atoms with Gasteiger partial charge in [-0.2, -0.15) is 0 Å². The topological polar surface area (TPSA) is 33.9 Å². The predicted octanol–water partition coefficient (Wildman–Crippen LogP) is 10.6. The first-order valence-corrected chi connectivity index (χ1v) is 16.3. The zero-order valence-corrected chi connectivity index (χ0v) is 25.2. The van der Waals surface area contributed by atoms with Crippen LogP contribution in [0.1, 0.15) is 35.4 Å². The number of allylic oxidation sites excluding steroid dienone is 1. The Bertz CT molecular complexity index is 2580. The quantitative estimate of drug-likeness (QED) is 0.210. The first-order valence-electron chi connectivity index (χ1n) is 16.3. The molecule has 4 heterocycles. The number of hydrogen-bond donors (Lipinski definition) is 2. The lowest BCUT2D eigenvalue weighted by Crippen LogP contribution is -2.30. The van der Waals surface area contributed by atoms with Crippen molar-refractivity contribution in [2.75, 3.05) is 10.6 Å². The van der Waals surface area contributed by atoms with Crippen LogP contribution in [0, 0.1) is 0 Å². The highest BCUT2D eigenvalue weighted by atomic mass is 15.3. The third-order valence-corrected chi connectivity index (χ3v) is 10.6. The number of anilines is 2. The van der Waals surface area contributed by atoms with Gasteiger partial charge in [0.15, 0.2) is 0 Å². The van der Waals surface area contributed by atoms with E-state index in [0.717, 1.165) is 24.2 Å². The van der Waals surface area contributed by atoms with Gasteiger partial charge in [-0.1, -0.05) is 97.1 Å². The van der Waals surface area contributed by atoms with Gasteiger partial charge in [0.1, 0.15) is 6.17 Å². The van der Waals surface area contributed by atoms with Gasteiger partial charge in [0.2, 0.25) is 0 Å². The molecule has 0 bridgehead atoms. The van der Waals surface area contributed by atoms with Crippen molar-refractivity contribution in [1.29, 1.82) is 0 Å². The molecule has 218 valence electrons. The fourth-order valence-corrected chi connectivity index (χ4v) is 8.68. The van der Waals surface area contributed by atoms with E-state index in [1.807, 2.05) is 0 Å². The fraction of sp³-hybridized carbons (Fsp3) is 0.0952. The molecular weight excluding hydrogens is 560 g/mol. The van der Waals surface area contributed by atoms with Crippen LogP contribution in [0.3, 0.4) is 0 Å². The van der Waals surface area contributed by atoms with Gasteiger partial charge in [-0.3, -0.25) is 0 Å². The van der Waals surface area contributed by atoms with Gasteiger partial charge >= 0.3 is 0 Å². The number of hydrogen-bond acceptors (Lipinski definition) is 2. The number of fused-ring (bicyclic) bond motifs is 13. The predicted molar refractivity (Wildman–Crippen MR) is 192 cm³/mol. The maximum Gasteiger partial charge on any atom is 0.129 e. The molecule has 0 fully saturated rings. The minimum Gasteiger partial charge on any atom is -0.373 e. The van der Waals surface area contributed by atoms with E-state index < -0.39 is 0 Å². The lowest BCUT2D eigenvalue weighted by Gasteiger charge is -2.34. The zero-order chi connectivity index (χ0) is 29.9. The summed E-state index contributed by atoms with van der Waals surface area (Å²) in [6, 6.07) is 44.6. The molecule has 2 aliphatic heterocycles. The van der Waals surface area contributed by atoms with Crippen molar-refractivity contribution in [3.05, 3.63) is 144 Å². The summed E-state index contributed by atoms with van der Waals surface area (Å²) in [5, 5.41) is 14.6. The minimum atomic E-state index is 0.0491. The highest BCUT2D eigenvalue weighted by Gasteiger charge is 2.42. The molecule has 0 radical (unpaired) electrons. The summed E-state index contributed by atoms with van der Waals surface area (Å²) >= 11 is 0. The Morgan fingerprint density at radius 2 is 1.39 bits per heavy atom. The Morgan fingerprint density at radius 3 is 2.26 bits per heavy atom. The summed E-state index contributed by atoms with van der Waals surface area (Å²) < 4.78 is 5.17. The first kappa shape index (κ1) is 24.6. The maximum atomic E-state index is 4.02. The van der Waals surface area contributed by atoms with Crippen molar-refractivity contribution in [2.45, 2.75) is 25.0 Å². The summed E-state index contributed by atoms with van der Waals surface area (Å²) in [7, 11) is 0. The number of nitrogens with zero attached hydrogens (tertiary/aromatic N) is 2. The molecule has 6 aromatic carbocycles. The standard InChI is InChI=1S/C42H30N4/c1-2-10-25(11-3-1)26-18-21-28(22-19-26)45-35-17-9-6-14-30(35)31-24-32-37-29-13-5-4-12-27(29)20-23-36(37)46-41(32)38(40(31)45)39-42(46)44-34-16-8-7-15-33(34)43-39/h1-8,10-16,18-24,39,42-44H,9,17H2. The van der Waals surface area contributed by atoms with Crippen LogP contribution < -0.4 is 10.6 Å². The molecule has 2 aromatic heterocycles. The lowest BCUT2D eigenvalue weighted by molar-refractivity contribution is 0.541. The molecular formula is C42H30N4. The van der Waals surface area contributed by atoms with E-state index in [1.54, 1.807) is 0 Å². The number of para-hydroxylation sites is 2. The van der Waals surface area contributed by atoms with E-state index in [9.17, 15) is 0 Å². The minimum absolute atomic E-state index is 0.0491. The molecule has 4 nitrogen and oxygen atoms in total. The van der Waals surface area contributed by atoms with Gasteiger partial charge in [0, 0.05) is 38.7 Å². The zero-order valence-electron chi connectivity index (χ0n) is 25.2. The monoisotopic (exact) mass is 590 g/mol. The average molecular weight is 591 g/mol. The Hall–Kier alpha value is -5.74. The van der Waals surface area contributed by atoms with Gasteiger partial charge in [-0.05, 0) is 71.1 Å². The molecule has 0 spiro atoms. The van der Waals surface area contributed by atoms with Crippen LogP contribution in [0.2, 0.25) is 0 Å². The molecule has 46 heavy (non-hydrogen) atoms. The van der Waals surface area contributed by atoms with E-state index in [1.165, 1.54) is 77.1 Å². The molecule has 3 aliphatic rings. The number of rotatable bonds is 2. The number of nitrogens with one attached hydrogen (secondary N) is 2. The molecule has 2 N–H and O–H groups in total. The van der Waals surface area contributed by atoms with E-state index in [4.69, 9.17) is 0 Å². The highest BCUT2D eigenvalue weighted by Crippen LogP contribution is 2.55. The van der Waals surface area contributed by atoms with Crippen molar-refractivity contribution >= 4 is 60.9 Å². The molecule has 0 saturated carbocycles. The molecule has 0 amide bonds. The largest absolute Gasteiger partial charge is 0.373 e. The van der Waals surface area contributed by atoms with Crippen LogP contribution in [-0.2, 0) is 6.42 Å². The fourth-order valence-electron chi connectivity index (χ4n) is 8.68. The van der Waals surface area contributed by atoms with Crippen molar-refractivity contribution in [2.24, 2.45) is 0 Å². The second-order valence-corrected chi connectivity index (χ2v) is 12.9. The Morgan fingerprint density at radius 1 is 0.630 bits per heavy atom. The van der Waals surface area contributed by atoms with Gasteiger partial charge in [-0.25, -0.2) is 0 Å². The Labute approximate surface area is 266 Å². The molecule has 0 saturated heterocycles. The molecule has 4 heteroatoms. The highest BCUT2D eigenvalue weighted by molar-refractivity contribution is 6.25. The first-order chi connectivity index (χ1) is 22.8. The second kappa shape index (κ2) is 8.92. The molecule has 2 unspecified atom stereocenters. The van der Waals surface area contributed by atoms with Gasteiger partial charge in [-0.15, -0.1) is 0 Å². The van der Waals surface area contributed by atoms with Crippen LogP contribution in [0.5, 0.6) is 0 Å². The van der Waals surface area contributed by atoms with Crippen LogP contribution >= 0.6 is 0 Å². The summed E-state index contributed by atoms with van der Waals surface area (Å²) in [6.07, 6.45) is 6.86. The summed E-state index contributed by atoms with van der Waals surface area (Å²) in [5.74, 6) is 0. The normalized spacial score (nSPS) is 17.7. The molecule has 8 aromatic rings. The van der Waals surface area contributed by atoms with E-state index in [2.05, 4.69) is 153 Å². The summed E-state index contributed by atoms with van der Waals surface area (Å²) in [6.45, 7) is 0. The third-order valence-electron chi connectivity index (χ3n) is 10.6. The van der Waals surface area contributed by atoms with Crippen LogP contribution in [-0.4, -0.2) is 9.13 Å². The maximum absolute atomic E-state index is 4.02. The van der Waals surface area contributed by atoms with Crippen LogP contribution in [0.4, 0.5) is 11.4 Å². The van der Waals surface area contributed by atoms with Gasteiger partial charge in [0.25, 0.3) is 0 Å². The van der Waals surface area contributed by atoms with Crippen molar-refractivity contribution < 1.29 is 0 Å². The number of benzene rings is 6. The van der Waals surface area contributed by atoms with Crippen molar-refractivity contribution in [3.8, 4) is 16.8 Å². The Kier molecular flexibility index (Phi) is 4.76. The summed E-state index contributed by atoms with van der Waals surface area (Å²) in [5.41, 5.74) is 14.1. The lowest BCUT2D eigenvalue weighted by atomic mass is 9.94. The van der Waals surface area contributed by atoms with Gasteiger partial charge in [0.05, 0.1) is 34.0 Å². The smallest absolute Gasteiger partial charge is 0.129 e. The molecule has 11 rings (SSSR count). The van der Waals surface area contributed by atoms with Crippen molar-refractivity contribution in [3.63, 3.8) is 0 Å². The van der Waals surface area contributed by atoms with Crippen LogP contribution in [0.25, 0.3) is 66.4 Å². The summed E-state index contributed by atoms with van der Waals surface area (Å²) in [4.78, 5) is 0.